The van der Waals surface area contributed by atoms with Gasteiger partial charge in [0.15, 0.2) is 0 Å². The highest BCUT2D eigenvalue weighted by atomic mass is 16.5. The molecule has 1 saturated heterocycles. The summed E-state index contributed by atoms with van der Waals surface area (Å²) in [6, 6.07) is 7.68. The Labute approximate surface area is 126 Å². The first-order valence-electron chi connectivity index (χ1n) is 7.52. The standard InChI is InChI=1S/C16H24N2O3/c1-3-20-14-5-4-6-15(11-14)21-10-9-18-8-7-13(12-18)16(19)17-2/h4-6,11,13H,3,7-10,12H2,1-2H3,(H,17,19)/t13-/m0/s1. The Morgan fingerprint density at radius 2 is 2.14 bits per heavy atom. The highest BCUT2D eigenvalue weighted by Gasteiger charge is 2.27. The molecule has 116 valence electrons. The molecule has 1 atom stereocenters. The SMILES string of the molecule is CCOc1cccc(OCCN2CC[C@H](C(=O)NC)C2)c1. The van der Waals surface area contributed by atoms with Gasteiger partial charge in [0.25, 0.3) is 0 Å². The summed E-state index contributed by atoms with van der Waals surface area (Å²) in [6.07, 6.45) is 0.930. The molecule has 0 unspecified atom stereocenters. The van der Waals surface area contributed by atoms with E-state index in [-0.39, 0.29) is 11.8 Å². The molecule has 0 saturated carbocycles. The van der Waals surface area contributed by atoms with E-state index < -0.39 is 0 Å². The molecule has 0 radical (unpaired) electrons. The van der Waals surface area contributed by atoms with Crippen molar-refractivity contribution in [3.63, 3.8) is 0 Å². The lowest BCUT2D eigenvalue weighted by atomic mass is 10.1. The number of hydrogen-bond donors (Lipinski definition) is 1. The third kappa shape index (κ3) is 4.63. The lowest BCUT2D eigenvalue weighted by molar-refractivity contribution is -0.124. The molecule has 1 aromatic rings. The van der Waals surface area contributed by atoms with Crippen molar-refractivity contribution >= 4 is 5.91 Å². The van der Waals surface area contributed by atoms with Crippen LogP contribution >= 0.6 is 0 Å². The summed E-state index contributed by atoms with van der Waals surface area (Å²) < 4.78 is 11.2. The number of nitrogens with zero attached hydrogens (tertiary/aromatic N) is 1. The Morgan fingerprint density at radius 1 is 1.38 bits per heavy atom. The van der Waals surface area contributed by atoms with E-state index in [4.69, 9.17) is 9.47 Å². The average Bonchev–Trinajstić information content (AvgIpc) is 2.96. The molecule has 21 heavy (non-hydrogen) atoms. The zero-order chi connectivity index (χ0) is 15.1. The van der Waals surface area contributed by atoms with Gasteiger partial charge in [0.05, 0.1) is 12.5 Å². The Kier molecular flexibility index (Phi) is 5.87. The van der Waals surface area contributed by atoms with E-state index in [1.165, 1.54) is 0 Å². The van der Waals surface area contributed by atoms with E-state index in [2.05, 4.69) is 10.2 Å². The van der Waals surface area contributed by atoms with Gasteiger partial charge in [-0.2, -0.15) is 0 Å². The van der Waals surface area contributed by atoms with E-state index in [1.54, 1.807) is 7.05 Å². The van der Waals surface area contributed by atoms with Crippen molar-refractivity contribution in [1.82, 2.24) is 10.2 Å². The van der Waals surface area contributed by atoms with Crippen molar-refractivity contribution in [2.24, 2.45) is 5.92 Å². The van der Waals surface area contributed by atoms with Crippen molar-refractivity contribution in [3.05, 3.63) is 24.3 Å². The van der Waals surface area contributed by atoms with Crippen molar-refractivity contribution < 1.29 is 14.3 Å². The van der Waals surface area contributed by atoms with Gasteiger partial charge in [-0.1, -0.05) is 6.07 Å². The van der Waals surface area contributed by atoms with Crippen molar-refractivity contribution in [1.29, 1.82) is 0 Å². The van der Waals surface area contributed by atoms with E-state index >= 15 is 0 Å². The van der Waals surface area contributed by atoms with Crippen molar-refractivity contribution in [2.75, 3.05) is 39.9 Å². The summed E-state index contributed by atoms with van der Waals surface area (Å²) in [5, 5.41) is 2.72. The second kappa shape index (κ2) is 7.88. The Balaban J connectivity index is 1.72. The number of carbonyl (C=O) groups is 1. The summed E-state index contributed by atoms with van der Waals surface area (Å²) >= 11 is 0. The van der Waals surface area contributed by atoms with Gasteiger partial charge in [-0.15, -0.1) is 0 Å². The highest BCUT2D eigenvalue weighted by molar-refractivity contribution is 5.78. The summed E-state index contributed by atoms with van der Waals surface area (Å²) in [7, 11) is 1.69. The molecular weight excluding hydrogens is 268 g/mol. The summed E-state index contributed by atoms with van der Waals surface area (Å²) in [4.78, 5) is 13.8. The number of amides is 1. The number of ether oxygens (including phenoxy) is 2. The molecule has 0 bridgehead atoms. The van der Waals surface area contributed by atoms with Gasteiger partial charge in [0.2, 0.25) is 5.91 Å². The molecule has 1 heterocycles. The van der Waals surface area contributed by atoms with Crippen LogP contribution in [0.1, 0.15) is 13.3 Å². The van der Waals surface area contributed by atoms with Crippen molar-refractivity contribution in [3.8, 4) is 11.5 Å². The predicted molar refractivity (Wildman–Crippen MR) is 81.7 cm³/mol. The molecule has 1 amide bonds. The van der Waals surface area contributed by atoms with Crippen LogP contribution in [0.4, 0.5) is 0 Å². The topological polar surface area (TPSA) is 50.8 Å². The Hall–Kier alpha value is -1.75. The van der Waals surface area contributed by atoms with E-state index in [0.717, 1.165) is 37.6 Å². The molecule has 1 aliphatic rings. The van der Waals surface area contributed by atoms with Gasteiger partial charge in [-0.3, -0.25) is 9.69 Å². The first-order valence-corrected chi connectivity index (χ1v) is 7.52. The number of benzene rings is 1. The minimum absolute atomic E-state index is 0.122. The summed E-state index contributed by atoms with van der Waals surface area (Å²) in [6.45, 7) is 5.85. The van der Waals surface area contributed by atoms with Gasteiger partial charge in [0, 0.05) is 26.2 Å². The monoisotopic (exact) mass is 292 g/mol. The lowest BCUT2D eigenvalue weighted by Gasteiger charge is -2.16. The molecule has 0 spiro atoms. The van der Waals surface area contributed by atoms with E-state index in [1.807, 2.05) is 31.2 Å². The smallest absolute Gasteiger partial charge is 0.224 e. The molecule has 1 aromatic carbocycles. The molecule has 5 nitrogen and oxygen atoms in total. The molecule has 1 aliphatic heterocycles. The highest BCUT2D eigenvalue weighted by Crippen LogP contribution is 2.20. The molecule has 1 fully saturated rings. The predicted octanol–water partition coefficient (Wildman–Crippen LogP) is 1.53. The van der Waals surface area contributed by atoms with E-state index in [0.29, 0.717) is 13.2 Å². The number of carbonyl (C=O) groups excluding carboxylic acids is 1. The number of nitrogens with one attached hydrogen (secondary N) is 1. The lowest BCUT2D eigenvalue weighted by Crippen LogP contribution is -2.31. The van der Waals surface area contributed by atoms with Gasteiger partial charge < -0.3 is 14.8 Å². The first kappa shape index (κ1) is 15.6. The Bertz CT molecular complexity index is 465. The minimum atomic E-state index is 0.122. The second-order valence-electron chi connectivity index (χ2n) is 5.16. The van der Waals surface area contributed by atoms with Crippen LogP contribution < -0.4 is 14.8 Å². The van der Waals surface area contributed by atoms with Crippen LogP contribution in [0, 0.1) is 5.92 Å². The first-order chi connectivity index (χ1) is 10.2. The molecule has 1 N–H and O–H groups in total. The normalized spacial score (nSPS) is 18.5. The number of hydrogen-bond acceptors (Lipinski definition) is 4. The van der Waals surface area contributed by atoms with Crippen LogP contribution in [-0.4, -0.2) is 50.7 Å². The largest absolute Gasteiger partial charge is 0.494 e. The fraction of sp³-hybridized carbons (Fsp3) is 0.562. The molecular formula is C16H24N2O3. The summed E-state index contributed by atoms with van der Waals surface area (Å²) in [5.74, 6) is 1.91. The second-order valence-corrected chi connectivity index (χ2v) is 5.16. The quantitative estimate of drug-likeness (QED) is 0.828. The zero-order valence-corrected chi connectivity index (χ0v) is 12.8. The molecule has 2 rings (SSSR count). The maximum atomic E-state index is 11.6. The maximum absolute atomic E-state index is 11.6. The van der Waals surface area contributed by atoms with Crippen LogP contribution in [0.3, 0.4) is 0 Å². The van der Waals surface area contributed by atoms with Gasteiger partial charge in [-0.25, -0.2) is 0 Å². The van der Waals surface area contributed by atoms with Crippen LogP contribution in [0.15, 0.2) is 24.3 Å². The van der Waals surface area contributed by atoms with Gasteiger partial charge in [-0.05, 0) is 32.0 Å². The van der Waals surface area contributed by atoms with Crippen LogP contribution in [0.25, 0.3) is 0 Å². The molecule has 0 aromatic heterocycles. The van der Waals surface area contributed by atoms with Crippen LogP contribution in [0.2, 0.25) is 0 Å². The maximum Gasteiger partial charge on any atom is 0.224 e. The van der Waals surface area contributed by atoms with Crippen molar-refractivity contribution in [2.45, 2.75) is 13.3 Å². The third-order valence-corrected chi connectivity index (χ3v) is 3.68. The van der Waals surface area contributed by atoms with Crippen LogP contribution in [-0.2, 0) is 4.79 Å². The zero-order valence-electron chi connectivity index (χ0n) is 12.8. The number of rotatable bonds is 7. The third-order valence-electron chi connectivity index (χ3n) is 3.68. The van der Waals surface area contributed by atoms with Gasteiger partial charge in [0.1, 0.15) is 18.1 Å². The average molecular weight is 292 g/mol. The number of likely N-dealkylation sites (tertiary alicyclic amines) is 1. The summed E-state index contributed by atoms with van der Waals surface area (Å²) in [5.41, 5.74) is 0. The minimum Gasteiger partial charge on any atom is -0.494 e. The van der Waals surface area contributed by atoms with Gasteiger partial charge >= 0.3 is 0 Å². The fourth-order valence-corrected chi connectivity index (χ4v) is 2.57. The molecule has 0 aliphatic carbocycles. The fourth-order valence-electron chi connectivity index (χ4n) is 2.57. The molecule has 5 heteroatoms. The van der Waals surface area contributed by atoms with E-state index in [9.17, 15) is 4.79 Å². The van der Waals surface area contributed by atoms with Crippen LogP contribution in [0.5, 0.6) is 11.5 Å². The Morgan fingerprint density at radius 3 is 2.86 bits per heavy atom.